The third kappa shape index (κ3) is 3.75. The summed E-state index contributed by atoms with van der Waals surface area (Å²) >= 11 is 9.68. The van der Waals surface area contributed by atoms with Gasteiger partial charge in [-0.3, -0.25) is 4.68 Å². The second-order valence-corrected chi connectivity index (χ2v) is 5.40. The number of rotatable bonds is 6. The Morgan fingerprint density at radius 1 is 1.56 bits per heavy atom. The molecule has 1 heterocycles. The van der Waals surface area contributed by atoms with Gasteiger partial charge in [-0.1, -0.05) is 13.3 Å². The Labute approximate surface area is 111 Å². The van der Waals surface area contributed by atoms with Crippen LogP contribution < -0.4 is 5.32 Å². The van der Waals surface area contributed by atoms with Gasteiger partial charge in [0, 0.05) is 25.5 Å². The number of hydrogen-bond acceptors (Lipinski definition) is 2. The van der Waals surface area contributed by atoms with Gasteiger partial charge in [0.25, 0.3) is 0 Å². The van der Waals surface area contributed by atoms with Crippen molar-refractivity contribution in [2.24, 2.45) is 7.05 Å². The Bertz CT molecular complexity index is 338. The van der Waals surface area contributed by atoms with Crippen molar-refractivity contribution in [3.8, 4) is 0 Å². The highest BCUT2D eigenvalue weighted by Gasteiger charge is 2.10. The molecule has 0 fully saturated rings. The quantitative estimate of drug-likeness (QED) is 0.819. The lowest BCUT2D eigenvalue weighted by atomic mass is 10.2. The second-order valence-electron chi connectivity index (χ2n) is 3.99. The normalized spacial score (nSPS) is 13.1. The minimum Gasteiger partial charge on any atom is -0.310 e. The fourth-order valence-electron chi connectivity index (χ4n) is 1.63. The molecule has 0 aromatic carbocycles. The van der Waals surface area contributed by atoms with E-state index in [9.17, 15) is 0 Å². The van der Waals surface area contributed by atoms with Gasteiger partial charge in [0.1, 0.15) is 0 Å². The molecule has 92 valence electrons. The summed E-state index contributed by atoms with van der Waals surface area (Å²) < 4.78 is 2.99. The van der Waals surface area contributed by atoms with Gasteiger partial charge in [0.2, 0.25) is 0 Å². The number of aromatic nitrogens is 2. The molecule has 1 aromatic rings. The summed E-state index contributed by atoms with van der Waals surface area (Å²) in [5.41, 5.74) is 2.19. The van der Waals surface area contributed by atoms with Crippen molar-refractivity contribution in [1.29, 1.82) is 0 Å². The van der Waals surface area contributed by atoms with Gasteiger partial charge in [0.05, 0.1) is 15.9 Å². The number of halogens is 2. The molecule has 0 saturated heterocycles. The maximum atomic E-state index is 6.14. The molecule has 0 saturated carbocycles. The molecule has 0 spiro atoms. The Hall–Kier alpha value is -0.0600. The van der Waals surface area contributed by atoms with E-state index in [1.165, 1.54) is 0 Å². The van der Waals surface area contributed by atoms with Crippen LogP contribution in [0, 0.1) is 6.92 Å². The van der Waals surface area contributed by atoms with Crippen molar-refractivity contribution in [3.05, 3.63) is 15.9 Å². The van der Waals surface area contributed by atoms with E-state index in [0.717, 1.165) is 41.8 Å². The van der Waals surface area contributed by atoms with Gasteiger partial charge in [-0.2, -0.15) is 5.10 Å². The number of hydrogen-bond donors (Lipinski definition) is 1. The fraction of sp³-hybridized carbons (Fsp3) is 0.727. The zero-order valence-corrected chi connectivity index (χ0v) is 12.4. The zero-order chi connectivity index (χ0) is 12.1. The molecule has 1 unspecified atom stereocenters. The van der Waals surface area contributed by atoms with Crippen LogP contribution in [0.25, 0.3) is 0 Å². The first-order valence-electron chi connectivity index (χ1n) is 5.59. The van der Waals surface area contributed by atoms with Crippen molar-refractivity contribution in [2.45, 2.75) is 38.6 Å². The van der Waals surface area contributed by atoms with Crippen LogP contribution in [0.1, 0.15) is 31.2 Å². The first kappa shape index (κ1) is 14.0. The van der Waals surface area contributed by atoms with Gasteiger partial charge in [-0.25, -0.2) is 0 Å². The molecule has 0 bridgehead atoms. The monoisotopic (exact) mass is 307 g/mol. The van der Waals surface area contributed by atoms with E-state index >= 15 is 0 Å². The van der Waals surface area contributed by atoms with E-state index < -0.39 is 0 Å². The molecule has 1 rings (SSSR count). The average molecular weight is 309 g/mol. The third-order valence-electron chi connectivity index (χ3n) is 2.52. The summed E-state index contributed by atoms with van der Waals surface area (Å²) in [5, 5.41) is 7.92. The van der Waals surface area contributed by atoms with E-state index in [0.29, 0.717) is 0 Å². The molecule has 0 aliphatic carbocycles. The highest BCUT2D eigenvalue weighted by atomic mass is 79.9. The lowest BCUT2D eigenvalue weighted by Crippen LogP contribution is -2.24. The summed E-state index contributed by atoms with van der Waals surface area (Å²) in [6.45, 7) is 5.78. The van der Waals surface area contributed by atoms with Crippen LogP contribution in [-0.2, 0) is 13.6 Å². The predicted octanol–water partition coefficient (Wildman–Crippen LogP) is 2.99. The van der Waals surface area contributed by atoms with Crippen LogP contribution in [0.3, 0.4) is 0 Å². The molecule has 1 aromatic heterocycles. The molecule has 1 atom stereocenters. The standard InChI is InChI=1S/C11H19BrClN3/c1-4-5-9(13)6-14-7-10-11(12)8(2)15-16(10)3/h9,14H,4-7H2,1-3H3. The number of alkyl halides is 1. The zero-order valence-electron chi connectivity index (χ0n) is 10.1. The van der Waals surface area contributed by atoms with E-state index in [2.05, 4.69) is 33.3 Å². The van der Waals surface area contributed by atoms with Gasteiger partial charge in [-0.15, -0.1) is 11.6 Å². The summed E-state index contributed by atoms with van der Waals surface area (Å²) in [6, 6.07) is 0. The van der Waals surface area contributed by atoms with Crippen LogP contribution in [0.4, 0.5) is 0 Å². The minimum absolute atomic E-state index is 0.220. The molecule has 0 amide bonds. The smallest absolute Gasteiger partial charge is 0.0739 e. The molecule has 0 radical (unpaired) electrons. The SMILES string of the molecule is CCCC(Cl)CNCc1c(Br)c(C)nn1C. The Morgan fingerprint density at radius 3 is 2.75 bits per heavy atom. The molecular weight excluding hydrogens is 289 g/mol. The van der Waals surface area contributed by atoms with E-state index in [1.807, 2.05) is 18.7 Å². The van der Waals surface area contributed by atoms with E-state index in [1.54, 1.807) is 0 Å². The van der Waals surface area contributed by atoms with Crippen LogP contribution in [-0.4, -0.2) is 21.7 Å². The first-order valence-corrected chi connectivity index (χ1v) is 6.82. The summed E-state index contributed by atoms with van der Waals surface area (Å²) in [4.78, 5) is 0. The summed E-state index contributed by atoms with van der Waals surface area (Å²) in [7, 11) is 1.96. The largest absolute Gasteiger partial charge is 0.310 e. The lowest BCUT2D eigenvalue weighted by Gasteiger charge is -2.10. The maximum absolute atomic E-state index is 6.14. The fourth-order valence-corrected chi connectivity index (χ4v) is 2.44. The Kier molecular flexibility index (Phi) is 5.79. The highest BCUT2D eigenvalue weighted by Crippen LogP contribution is 2.19. The van der Waals surface area contributed by atoms with Crippen LogP contribution in [0.5, 0.6) is 0 Å². The van der Waals surface area contributed by atoms with Crippen molar-refractivity contribution >= 4 is 27.5 Å². The molecule has 3 nitrogen and oxygen atoms in total. The van der Waals surface area contributed by atoms with Crippen molar-refractivity contribution in [3.63, 3.8) is 0 Å². The predicted molar refractivity (Wildman–Crippen MR) is 71.9 cm³/mol. The molecule has 0 aliphatic heterocycles. The number of nitrogens with zero attached hydrogens (tertiary/aromatic N) is 2. The molecule has 16 heavy (non-hydrogen) atoms. The molecule has 5 heteroatoms. The van der Waals surface area contributed by atoms with Gasteiger partial charge in [0.15, 0.2) is 0 Å². The van der Waals surface area contributed by atoms with Crippen LogP contribution in [0.2, 0.25) is 0 Å². The highest BCUT2D eigenvalue weighted by molar-refractivity contribution is 9.10. The van der Waals surface area contributed by atoms with Gasteiger partial charge >= 0.3 is 0 Å². The number of nitrogens with one attached hydrogen (secondary N) is 1. The molecule has 1 N–H and O–H groups in total. The Balaban J connectivity index is 2.43. The number of aryl methyl sites for hydroxylation is 2. The van der Waals surface area contributed by atoms with Crippen LogP contribution >= 0.6 is 27.5 Å². The molecule has 0 aliphatic rings. The van der Waals surface area contributed by atoms with Crippen molar-refractivity contribution in [2.75, 3.05) is 6.54 Å². The van der Waals surface area contributed by atoms with Crippen molar-refractivity contribution in [1.82, 2.24) is 15.1 Å². The lowest BCUT2D eigenvalue weighted by molar-refractivity contribution is 0.591. The van der Waals surface area contributed by atoms with Gasteiger partial charge in [-0.05, 0) is 29.3 Å². The molecular formula is C11H19BrClN3. The third-order valence-corrected chi connectivity index (χ3v) is 3.93. The topological polar surface area (TPSA) is 29.9 Å². The Morgan fingerprint density at radius 2 is 2.25 bits per heavy atom. The first-order chi connectivity index (χ1) is 7.56. The average Bonchev–Trinajstić information content (AvgIpc) is 2.45. The summed E-state index contributed by atoms with van der Waals surface area (Å²) in [6.07, 6.45) is 2.19. The van der Waals surface area contributed by atoms with Crippen LogP contribution in [0.15, 0.2) is 4.47 Å². The van der Waals surface area contributed by atoms with E-state index in [-0.39, 0.29) is 5.38 Å². The van der Waals surface area contributed by atoms with Crippen molar-refractivity contribution < 1.29 is 0 Å². The van der Waals surface area contributed by atoms with E-state index in [4.69, 9.17) is 11.6 Å². The van der Waals surface area contributed by atoms with Gasteiger partial charge < -0.3 is 5.32 Å². The summed E-state index contributed by atoms with van der Waals surface area (Å²) in [5.74, 6) is 0. The minimum atomic E-state index is 0.220. The second kappa shape index (κ2) is 6.62. The maximum Gasteiger partial charge on any atom is 0.0739 e.